The van der Waals surface area contributed by atoms with Crippen LogP contribution >= 0.6 is 0 Å². The third kappa shape index (κ3) is 4.02. The zero-order chi connectivity index (χ0) is 20.9. The summed E-state index contributed by atoms with van der Waals surface area (Å²) in [5.41, 5.74) is 7.21. The van der Waals surface area contributed by atoms with Crippen LogP contribution in [0.4, 0.5) is 22.7 Å². The standard InChI is InChI=1S/C26H18N5/c1-2-12-21(13-3-1)27-28-25-18-17-20-10-5-7-15-23(20)26(25)30-31-29-24-16-8-11-19-9-4-6-14-22(19)24/h1-18H. The zero-order valence-electron chi connectivity index (χ0n) is 16.6. The lowest BCUT2D eigenvalue weighted by atomic mass is 10.1. The Labute approximate surface area is 179 Å². The first-order valence-corrected chi connectivity index (χ1v) is 9.96. The Balaban J connectivity index is 1.52. The molecule has 5 rings (SSSR count). The van der Waals surface area contributed by atoms with Crippen molar-refractivity contribution in [2.24, 2.45) is 20.6 Å². The quantitative estimate of drug-likeness (QED) is 0.210. The molecule has 0 unspecified atom stereocenters. The molecule has 5 aromatic rings. The van der Waals surface area contributed by atoms with Crippen molar-refractivity contribution in [2.75, 3.05) is 0 Å². The van der Waals surface area contributed by atoms with Gasteiger partial charge in [0.15, 0.2) is 0 Å². The van der Waals surface area contributed by atoms with E-state index in [0.29, 0.717) is 11.4 Å². The van der Waals surface area contributed by atoms with Gasteiger partial charge in [0.2, 0.25) is 0 Å². The second-order valence-electron chi connectivity index (χ2n) is 6.98. The fourth-order valence-electron chi connectivity index (χ4n) is 3.45. The van der Waals surface area contributed by atoms with E-state index in [0.717, 1.165) is 32.9 Å². The van der Waals surface area contributed by atoms with Gasteiger partial charge < -0.3 is 0 Å². The van der Waals surface area contributed by atoms with Crippen molar-refractivity contribution in [1.29, 1.82) is 0 Å². The molecule has 0 N–H and O–H groups in total. The van der Waals surface area contributed by atoms with Crippen LogP contribution in [-0.2, 0) is 0 Å². The Hall–Kier alpha value is -4.38. The van der Waals surface area contributed by atoms with Gasteiger partial charge in [-0.15, -0.1) is 15.7 Å². The van der Waals surface area contributed by atoms with Crippen molar-refractivity contribution in [3.63, 3.8) is 0 Å². The molecule has 5 aromatic carbocycles. The topological polar surface area (TPSA) is 63.5 Å². The third-order valence-electron chi connectivity index (χ3n) is 4.97. The first kappa shape index (κ1) is 18.6. The molecule has 31 heavy (non-hydrogen) atoms. The predicted octanol–water partition coefficient (Wildman–Crippen LogP) is 8.34. The van der Waals surface area contributed by atoms with E-state index in [1.165, 1.54) is 0 Å². The van der Waals surface area contributed by atoms with Crippen molar-refractivity contribution in [3.8, 4) is 0 Å². The van der Waals surface area contributed by atoms with Gasteiger partial charge in [-0.2, -0.15) is 5.11 Å². The van der Waals surface area contributed by atoms with Gasteiger partial charge >= 0.3 is 0 Å². The summed E-state index contributed by atoms with van der Waals surface area (Å²) in [4.78, 5) is 0. The summed E-state index contributed by atoms with van der Waals surface area (Å²) in [6.07, 6.45) is 0. The minimum Gasteiger partial charge on any atom is -0.150 e. The second kappa shape index (κ2) is 8.55. The second-order valence-corrected chi connectivity index (χ2v) is 6.98. The van der Waals surface area contributed by atoms with Crippen molar-refractivity contribution < 1.29 is 0 Å². The van der Waals surface area contributed by atoms with Gasteiger partial charge in [0.1, 0.15) is 11.4 Å². The number of fused-ring (bicyclic) bond motifs is 2. The lowest BCUT2D eigenvalue weighted by Gasteiger charge is -2.05. The molecule has 5 heteroatoms. The minimum atomic E-state index is 0.638. The molecule has 0 aromatic heterocycles. The molecule has 5 nitrogen and oxygen atoms in total. The fraction of sp³-hybridized carbons (Fsp3) is 0. The van der Waals surface area contributed by atoms with E-state index in [9.17, 15) is 0 Å². The average molecular weight is 400 g/mol. The molecule has 0 spiro atoms. The summed E-state index contributed by atoms with van der Waals surface area (Å²) in [5, 5.41) is 21.6. The summed E-state index contributed by atoms with van der Waals surface area (Å²) in [5.74, 6) is 0. The van der Waals surface area contributed by atoms with Crippen LogP contribution in [-0.4, -0.2) is 0 Å². The molecule has 0 heterocycles. The Morgan fingerprint density at radius 1 is 0.419 bits per heavy atom. The predicted molar refractivity (Wildman–Crippen MR) is 125 cm³/mol. The van der Waals surface area contributed by atoms with Gasteiger partial charge in [-0.25, -0.2) is 0 Å². The van der Waals surface area contributed by atoms with Crippen LogP contribution in [0, 0.1) is 0 Å². The highest BCUT2D eigenvalue weighted by molar-refractivity contribution is 5.97. The lowest BCUT2D eigenvalue weighted by Crippen LogP contribution is -1.87. The Morgan fingerprint density at radius 2 is 1.10 bits per heavy atom. The van der Waals surface area contributed by atoms with Gasteiger partial charge in [-0.05, 0) is 40.3 Å². The maximum Gasteiger partial charge on any atom is 0.123 e. The van der Waals surface area contributed by atoms with Gasteiger partial charge in [0.05, 0.1) is 11.4 Å². The SMILES string of the molecule is c1ccc(N=Nc2ccc3ccccc3c2N=N[N]c2cccc3ccccc23)cc1. The smallest absolute Gasteiger partial charge is 0.123 e. The van der Waals surface area contributed by atoms with E-state index < -0.39 is 0 Å². The Bertz CT molecular complexity index is 1400. The van der Waals surface area contributed by atoms with Crippen LogP contribution < -0.4 is 5.43 Å². The van der Waals surface area contributed by atoms with Crippen LogP contribution in [0.1, 0.15) is 0 Å². The van der Waals surface area contributed by atoms with E-state index in [4.69, 9.17) is 0 Å². The molecule has 0 saturated heterocycles. The molecule has 1 radical (unpaired) electrons. The van der Waals surface area contributed by atoms with Gasteiger partial charge in [-0.3, -0.25) is 0 Å². The number of rotatable bonds is 5. The maximum atomic E-state index is 4.45. The summed E-state index contributed by atoms with van der Waals surface area (Å²) < 4.78 is 0. The van der Waals surface area contributed by atoms with Crippen molar-refractivity contribution >= 4 is 44.3 Å². The van der Waals surface area contributed by atoms with Crippen LogP contribution in [0.15, 0.2) is 130 Å². The molecular formula is C26H18N5. The molecule has 0 bridgehead atoms. The molecule has 0 fully saturated rings. The first-order valence-electron chi connectivity index (χ1n) is 9.96. The summed E-state index contributed by atoms with van der Waals surface area (Å²) in [6.45, 7) is 0. The number of hydrogen-bond donors (Lipinski definition) is 0. The average Bonchev–Trinajstić information content (AvgIpc) is 2.84. The Morgan fingerprint density at radius 3 is 1.94 bits per heavy atom. The molecule has 0 aliphatic carbocycles. The molecule has 0 atom stereocenters. The van der Waals surface area contributed by atoms with Crippen LogP contribution in [0.5, 0.6) is 0 Å². The normalized spacial score (nSPS) is 11.6. The van der Waals surface area contributed by atoms with Crippen molar-refractivity contribution in [1.82, 2.24) is 5.43 Å². The highest BCUT2D eigenvalue weighted by atomic mass is 15.4. The van der Waals surface area contributed by atoms with Gasteiger partial charge in [-0.1, -0.05) is 84.9 Å². The fourth-order valence-corrected chi connectivity index (χ4v) is 3.45. The van der Waals surface area contributed by atoms with Crippen LogP contribution in [0.3, 0.4) is 0 Å². The van der Waals surface area contributed by atoms with E-state index in [1.54, 1.807) is 0 Å². The zero-order valence-corrected chi connectivity index (χ0v) is 16.6. The third-order valence-corrected chi connectivity index (χ3v) is 4.97. The molecule has 0 aliphatic rings. The molecule has 0 aliphatic heterocycles. The molecule has 0 amide bonds. The molecular weight excluding hydrogens is 382 g/mol. The van der Waals surface area contributed by atoms with Crippen LogP contribution in [0.25, 0.3) is 21.5 Å². The van der Waals surface area contributed by atoms with Crippen molar-refractivity contribution in [3.05, 3.63) is 109 Å². The molecule has 147 valence electrons. The highest BCUT2D eigenvalue weighted by Gasteiger charge is 2.08. The number of hydrogen-bond acceptors (Lipinski definition) is 4. The summed E-state index contributed by atoms with van der Waals surface area (Å²) in [6, 6.07) is 35.6. The first-order chi connectivity index (χ1) is 15.4. The van der Waals surface area contributed by atoms with Crippen LogP contribution in [0.2, 0.25) is 0 Å². The van der Waals surface area contributed by atoms with E-state index in [2.05, 4.69) is 38.1 Å². The number of benzene rings is 5. The van der Waals surface area contributed by atoms with Gasteiger partial charge in [0, 0.05) is 10.8 Å². The molecule has 0 saturated carbocycles. The highest BCUT2D eigenvalue weighted by Crippen LogP contribution is 2.37. The van der Waals surface area contributed by atoms with E-state index in [-0.39, 0.29) is 0 Å². The summed E-state index contributed by atoms with van der Waals surface area (Å²) in [7, 11) is 0. The van der Waals surface area contributed by atoms with Crippen molar-refractivity contribution in [2.45, 2.75) is 0 Å². The van der Waals surface area contributed by atoms with Gasteiger partial charge in [0.25, 0.3) is 0 Å². The lowest BCUT2D eigenvalue weighted by molar-refractivity contribution is 0.873. The Kier molecular flexibility index (Phi) is 5.14. The largest absolute Gasteiger partial charge is 0.150 e. The maximum absolute atomic E-state index is 4.45. The minimum absolute atomic E-state index is 0.638. The van der Waals surface area contributed by atoms with E-state index >= 15 is 0 Å². The summed E-state index contributed by atoms with van der Waals surface area (Å²) >= 11 is 0. The van der Waals surface area contributed by atoms with E-state index in [1.807, 2.05) is 97.1 Å². The number of azo groups is 1. The monoisotopic (exact) mass is 400 g/mol. The number of nitrogens with zero attached hydrogens (tertiary/aromatic N) is 5.